The zero-order valence-electron chi connectivity index (χ0n) is 24.1. The molecule has 2 unspecified atom stereocenters. The van der Waals surface area contributed by atoms with E-state index in [1.165, 1.54) is 67.6 Å². The quantitative estimate of drug-likeness (QED) is 0.184. The van der Waals surface area contributed by atoms with Crippen molar-refractivity contribution in [2.24, 2.45) is 0 Å². The average molecular weight is 626 g/mol. The SMILES string of the molecule is C[C@H](C(=O)N1C(=O)OC[C@@H]1Cc1ccccc1)c1cc(C(c2ccccc2)C(F)(F)F)cc(C(c2ccccc2)C(F)(F)F)c1. The fraction of sp³-hybridized carbons (Fsp3) is 0.257. The first kappa shape index (κ1) is 31.8. The number of carbonyl (C=O) groups excluding carboxylic acids is 2. The monoisotopic (exact) mass is 625 g/mol. The fourth-order valence-electron chi connectivity index (χ4n) is 5.84. The molecule has 1 aliphatic heterocycles. The molecule has 1 aliphatic rings. The van der Waals surface area contributed by atoms with Gasteiger partial charge in [-0.15, -0.1) is 0 Å². The summed E-state index contributed by atoms with van der Waals surface area (Å²) < 4.78 is 93.2. The predicted octanol–water partition coefficient (Wildman–Crippen LogP) is 8.77. The summed E-state index contributed by atoms with van der Waals surface area (Å²) in [6.45, 7) is 1.28. The highest BCUT2D eigenvalue weighted by atomic mass is 19.4. The van der Waals surface area contributed by atoms with E-state index in [9.17, 15) is 35.9 Å². The normalized spacial score (nSPS) is 17.4. The third-order valence-corrected chi connectivity index (χ3v) is 7.97. The molecule has 234 valence electrons. The molecule has 1 saturated heterocycles. The van der Waals surface area contributed by atoms with Crippen LogP contribution < -0.4 is 0 Å². The minimum atomic E-state index is -4.87. The van der Waals surface area contributed by atoms with E-state index < -0.39 is 59.3 Å². The second-order valence-corrected chi connectivity index (χ2v) is 11.1. The fourth-order valence-corrected chi connectivity index (χ4v) is 5.84. The minimum absolute atomic E-state index is 0.0824. The van der Waals surface area contributed by atoms with Crippen molar-refractivity contribution in [2.75, 3.05) is 6.61 Å². The zero-order chi connectivity index (χ0) is 32.4. The van der Waals surface area contributed by atoms with Crippen molar-refractivity contribution in [3.63, 3.8) is 0 Å². The third-order valence-electron chi connectivity index (χ3n) is 7.97. The largest absolute Gasteiger partial charge is 0.447 e. The molecular formula is C35H29F6NO3. The van der Waals surface area contributed by atoms with Crippen LogP contribution in [0.15, 0.2) is 109 Å². The van der Waals surface area contributed by atoms with Gasteiger partial charge in [-0.3, -0.25) is 4.79 Å². The molecule has 0 aliphatic carbocycles. The van der Waals surface area contributed by atoms with Crippen LogP contribution in [0.3, 0.4) is 0 Å². The molecule has 1 heterocycles. The Morgan fingerprint density at radius 2 is 1.13 bits per heavy atom. The Labute approximate surface area is 256 Å². The van der Waals surface area contributed by atoms with Crippen LogP contribution >= 0.6 is 0 Å². The summed E-state index contributed by atoms with van der Waals surface area (Å²) in [6, 6.07) is 25.2. The lowest BCUT2D eigenvalue weighted by Crippen LogP contribution is -2.42. The van der Waals surface area contributed by atoms with Crippen molar-refractivity contribution < 1.29 is 40.7 Å². The van der Waals surface area contributed by atoms with Gasteiger partial charge in [-0.05, 0) is 46.7 Å². The Kier molecular flexibility index (Phi) is 9.04. The molecule has 0 N–H and O–H groups in total. The molecule has 4 aromatic carbocycles. The van der Waals surface area contributed by atoms with Gasteiger partial charge in [0.2, 0.25) is 5.91 Å². The standard InChI is InChI=1S/C35H29F6NO3/c1-22(32(43)42-29(21-45-33(42)44)17-23-11-5-2-6-12-23)26-18-27(30(34(36,37)38)24-13-7-3-8-14-24)20-28(19-26)31(35(39,40)41)25-15-9-4-10-16-25/h2-16,18-20,22,29-31H,17,21H2,1H3/t22-,29-,30?,31?/m0/s1. The number of benzene rings is 4. The van der Waals surface area contributed by atoms with Gasteiger partial charge in [0.25, 0.3) is 0 Å². The number of amides is 2. The number of nitrogens with zero attached hydrogens (tertiary/aromatic N) is 1. The van der Waals surface area contributed by atoms with Crippen LogP contribution in [0.4, 0.5) is 31.1 Å². The highest BCUT2D eigenvalue weighted by molar-refractivity contribution is 5.97. The van der Waals surface area contributed by atoms with E-state index in [1.807, 2.05) is 18.2 Å². The van der Waals surface area contributed by atoms with Crippen LogP contribution in [-0.2, 0) is 16.0 Å². The van der Waals surface area contributed by atoms with E-state index in [-0.39, 0.29) is 29.7 Å². The molecule has 10 heteroatoms. The first-order chi connectivity index (χ1) is 21.3. The van der Waals surface area contributed by atoms with Crippen molar-refractivity contribution >= 4 is 12.0 Å². The predicted molar refractivity (Wildman–Crippen MR) is 156 cm³/mol. The van der Waals surface area contributed by atoms with Crippen molar-refractivity contribution in [1.29, 1.82) is 0 Å². The lowest BCUT2D eigenvalue weighted by molar-refractivity contribution is -0.141. The highest BCUT2D eigenvalue weighted by Gasteiger charge is 2.46. The number of carbonyl (C=O) groups is 2. The van der Waals surface area contributed by atoms with Gasteiger partial charge in [0.05, 0.1) is 12.0 Å². The number of imide groups is 1. The Hall–Kier alpha value is -4.60. The number of rotatable bonds is 8. The van der Waals surface area contributed by atoms with E-state index in [0.29, 0.717) is 0 Å². The summed E-state index contributed by atoms with van der Waals surface area (Å²) in [5.41, 5.74) is -0.488. The van der Waals surface area contributed by atoms with Crippen LogP contribution in [0, 0.1) is 0 Å². The van der Waals surface area contributed by atoms with Crippen LogP contribution in [0.2, 0.25) is 0 Å². The van der Waals surface area contributed by atoms with E-state index in [4.69, 9.17) is 4.74 Å². The minimum Gasteiger partial charge on any atom is -0.447 e. The van der Waals surface area contributed by atoms with Gasteiger partial charge in [-0.2, -0.15) is 26.3 Å². The van der Waals surface area contributed by atoms with Crippen molar-refractivity contribution in [3.05, 3.63) is 143 Å². The molecular weight excluding hydrogens is 596 g/mol. The summed E-state index contributed by atoms with van der Waals surface area (Å²) in [6.07, 6.45) is -10.4. The molecule has 0 aromatic heterocycles. The maximum Gasteiger partial charge on any atom is 0.417 e. The molecule has 4 nitrogen and oxygen atoms in total. The highest BCUT2D eigenvalue weighted by Crippen LogP contribution is 2.45. The van der Waals surface area contributed by atoms with Gasteiger partial charge < -0.3 is 4.74 Å². The summed E-state index contributed by atoms with van der Waals surface area (Å²) in [7, 11) is 0. The van der Waals surface area contributed by atoms with Crippen LogP contribution in [0.1, 0.15) is 58.1 Å². The first-order valence-corrected chi connectivity index (χ1v) is 14.3. The molecule has 2 amide bonds. The first-order valence-electron chi connectivity index (χ1n) is 14.3. The zero-order valence-corrected chi connectivity index (χ0v) is 24.1. The third kappa shape index (κ3) is 7.05. The van der Waals surface area contributed by atoms with E-state index in [1.54, 1.807) is 12.1 Å². The van der Waals surface area contributed by atoms with Gasteiger partial charge in [-0.1, -0.05) is 109 Å². The van der Waals surface area contributed by atoms with Crippen molar-refractivity contribution in [2.45, 2.75) is 49.5 Å². The van der Waals surface area contributed by atoms with E-state index >= 15 is 0 Å². The smallest absolute Gasteiger partial charge is 0.417 e. The topological polar surface area (TPSA) is 46.6 Å². The lowest BCUT2D eigenvalue weighted by atomic mass is 9.82. The van der Waals surface area contributed by atoms with Gasteiger partial charge in [-0.25, -0.2) is 9.69 Å². The molecule has 0 spiro atoms. The molecule has 4 aromatic rings. The molecule has 0 bridgehead atoms. The Bertz CT molecular complexity index is 1550. The van der Waals surface area contributed by atoms with Crippen LogP contribution in [-0.4, -0.2) is 41.9 Å². The van der Waals surface area contributed by atoms with Gasteiger partial charge in [0, 0.05) is 0 Å². The lowest BCUT2D eigenvalue weighted by Gasteiger charge is -2.28. The molecule has 0 radical (unpaired) electrons. The van der Waals surface area contributed by atoms with Gasteiger partial charge in [0.15, 0.2) is 0 Å². The summed E-state index contributed by atoms with van der Waals surface area (Å²) in [4.78, 5) is 27.5. The summed E-state index contributed by atoms with van der Waals surface area (Å²) >= 11 is 0. The molecule has 1 fully saturated rings. The summed E-state index contributed by atoms with van der Waals surface area (Å²) in [5, 5.41) is 0. The number of ether oxygens (including phenoxy) is 1. The van der Waals surface area contributed by atoms with E-state index in [2.05, 4.69) is 0 Å². The maximum absolute atomic E-state index is 14.7. The van der Waals surface area contributed by atoms with Crippen LogP contribution in [0.25, 0.3) is 0 Å². The number of hydrogen-bond donors (Lipinski definition) is 0. The average Bonchev–Trinajstić information content (AvgIpc) is 3.36. The number of cyclic esters (lactones) is 1. The number of hydrogen-bond acceptors (Lipinski definition) is 3. The van der Waals surface area contributed by atoms with E-state index in [0.717, 1.165) is 28.7 Å². The molecule has 5 rings (SSSR count). The van der Waals surface area contributed by atoms with Gasteiger partial charge in [0.1, 0.15) is 18.4 Å². The summed E-state index contributed by atoms with van der Waals surface area (Å²) in [5.74, 6) is -6.60. The Balaban J connectivity index is 1.63. The van der Waals surface area contributed by atoms with Crippen molar-refractivity contribution in [1.82, 2.24) is 4.90 Å². The Morgan fingerprint density at radius 3 is 1.58 bits per heavy atom. The molecule has 45 heavy (non-hydrogen) atoms. The molecule has 4 atom stereocenters. The number of halogens is 6. The Morgan fingerprint density at radius 1 is 0.711 bits per heavy atom. The second-order valence-electron chi connectivity index (χ2n) is 11.1. The second kappa shape index (κ2) is 12.8. The number of alkyl halides is 6. The molecule has 0 saturated carbocycles. The van der Waals surface area contributed by atoms with Gasteiger partial charge >= 0.3 is 18.4 Å². The van der Waals surface area contributed by atoms with Crippen molar-refractivity contribution in [3.8, 4) is 0 Å². The van der Waals surface area contributed by atoms with Crippen LogP contribution in [0.5, 0.6) is 0 Å². The maximum atomic E-state index is 14.7.